The van der Waals surface area contributed by atoms with Crippen molar-refractivity contribution >= 4 is 43.2 Å². The number of halogens is 2. The van der Waals surface area contributed by atoms with E-state index >= 15 is 0 Å². The molecule has 16 heavy (non-hydrogen) atoms. The van der Waals surface area contributed by atoms with Crippen LogP contribution in [0.5, 0.6) is 0 Å². The lowest BCUT2D eigenvalue weighted by Gasteiger charge is -2.03. The van der Waals surface area contributed by atoms with Crippen molar-refractivity contribution in [1.29, 1.82) is 0 Å². The molecule has 2 aromatic rings. The van der Waals surface area contributed by atoms with Gasteiger partial charge in [-0.25, -0.2) is 0 Å². The van der Waals surface area contributed by atoms with Crippen LogP contribution in [-0.4, -0.2) is 5.11 Å². The number of hydrogen-bond acceptors (Lipinski definition) is 3. The zero-order chi connectivity index (χ0) is 11.7. The van der Waals surface area contributed by atoms with Gasteiger partial charge in [-0.05, 0) is 50.1 Å². The Kier molecular flexibility index (Phi) is 3.89. The maximum absolute atomic E-state index is 10.1. The monoisotopic (exact) mass is 364 g/mol. The van der Waals surface area contributed by atoms with Crippen LogP contribution in [0.1, 0.15) is 29.4 Å². The molecule has 0 fully saturated rings. The first-order valence-electron chi connectivity index (χ1n) is 4.83. The Morgan fingerprint density at radius 2 is 2.19 bits per heavy atom. The Morgan fingerprint density at radius 3 is 2.69 bits per heavy atom. The molecule has 0 radical (unpaired) electrons. The standard InChI is InChI=1S/C11H10Br2O2S/c1-2-6-3-4-8(15-6)10(14)9-5-7(12)11(13)16-9/h3-5,10,14H,2H2,1H3. The predicted molar refractivity (Wildman–Crippen MR) is 71.9 cm³/mol. The maximum Gasteiger partial charge on any atom is 0.146 e. The van der Waals surface area contributed by atoms with Crippen molar-refractivity contribution in [1.82, 2.24) is 0 Å². The van der Waals surface area contributed by atoms with Crippen LogP contribution in [0.4, 0.5) is 0 Å². The molecule has 0 amide bonds. The van der Waals surface area contributed by atoms with Crippen molar-refractivity contribution in [3.05, 3.63) is 42.9 Å². The molecule has 2 heterocycles. The summed E-state index contributed by atoms with van der Waals surface area (Å²) in [6, 6.07) is 5.62. The van der Waals surface area contributed by atoms with Gasteiger partial charge in [0.1, 0.15) is 17.6 Å². The average molecular weight is 366 g/mol. The summed E-state index contributed by atoms with van der Waals surface area (Å²) in [5.74, 6) is 1.49. The van der Waals surface area contributed by atoms with Crippen LogP contribution in [0.25, 0.3) is 0 Å². The molecule has 0 saturated heterocycles. The molecule has 0 spiro atoms. The van der Waals surface area contributed by atoms with E-state index in [1.54, 1.807) is 0 Å². The fourth-order valence-corrected chi connectivity index (χ4v) is 3.45. The maximum atomic E-state index is 10.1. The van der Waals surface area contributed by atoms with E-state index < -0.39 is 6.10 Å². The average Bonchev–Trinajstić information content (AvgIpc) is 2.86. The topological polar surface area (TPSA) is 33.4 Å². The number of aryl methyl sites for hydroxylation is 1. The number of furan rings is 1. The summed E-state index contributed by atoms with van der Waals surface area (Å²) in [5, 5.41) is 10.1. The van der Waals surface area contributed by atoms with Crippen molar-refractivity contribution in [3.63, 3.8) is 0 Å². The second-order valence-electron chi connectivity index (χ2n) is 3.33. The van der Waals surface area contributed by atoms with Crippen LogP contribution >= 0.6 is 43.2 Å². The second-order valence-corrected chi connectivity index (χ2v) is 6.59. The first-order chi connectivity index (χ1) is 7.61. The second kappa shape index (κ2) is 5.04. The molecular weight excluding hydrogens is 356 g/mol. The lowest BCUT2D eigenvalue weighted by atomic mass is 10.2. The minimum absolute atomic E-state index is 0.595. The largest absolute Gasteiger partial charge is 0.463 e. The number of aliphatic hydroxyl groups excluding tert-OH is 1. The molecule has 86 valence electrons. The molecule has 1 atom stereocenters. The SMILES string of the molecule is CCc1ccc(C(O)c2cc(Br)c(Br)s2)o1. The van der Waals surface area contributed by atoms with Gasteiger partial charge in [-0.3, -0.25) is 0 Å². The van der Waals surface area contributed by atoms with Gasteiger partial charge in [-0.2, -0.15) is 0 Å². The van der Waals surface area contributed by atoms with Gasteiger partial charge in [0.15, 0.2) is 0 Å². The summed E-state index contributed by atoms with van der Waals surface area (Å²) in [6.45, 7) is 2.02. The Labute approximate surface area is 115 Å². The molecule has 2 nitrogen and oxygen atoms in total. The zero-order valence-corrected chi connectivity index (χ0v) is 12.5. The molecule has 0 aliphatic carbocycles. The van der Waals surface area contributed by atoms with Crippen molar-refractivity contribution in [2.75, 3.05) is 0 Å². The number of hydrogen-bond donors (Lipinski definition) is 1. The van der Waals surface area contributed by atoms with E-state index in [2.05, 4.69) is 31.9 Å². The third kappa shape index (κ3) is 2.42. The fourth-order valence-electron chi connectivity index (χ4n) is 1.37. The molecule has 0 aromatic carbocycles. The molecule has 2 rings (SSSR count). The van der Waals surface area contributed by atoms with Crippen molar-refractivity contribution in [2.24, 2.45) is 0 Å². The number of aliphatic hydroxyl groups is 1. The van der Waals surface area contributed by atoms with E-state index in [1.807, 2.05) is 25.1 Å². The Morgan fingerprint density at radius 1 is 1.44 bits per heavy atom. The highest BCUT2D eigenvalue weighted by atomic mass is 79.9. The van der Waals surface area contributed by atoms with Gasteiger partial charge in [0.2, 0.25) is 0 Å². The smallest absolute Gasteiger partial charge is 0.146 e. The summed E-state index contributed by atoms with van der Waals surface area (Å²) in [5.41, 5.74) is 0. The zero-order valence-electron chi connectivity index (χ0n) is 8.54. The van der Waals surface area contributed by atoms with Crippen LogP contribution in [0.3, 0.4) is 0 Å². The van der Waals surface area contributed by atoms with Crippen LogP contribution in [0.2, 0.25) is 0 Å². The Hall–Kier alpha value is -0.100. The number of rotatable bonds is 3. The summed E-state index contributed by atoms with van der Waals surface area (Å²) < 4.78 is 7.45. The van der Waals surface area contributed by atoms with Crippen molar-refractivity contribution < 1.29 is 9.52 Å². The molecule has 1 unspecified atom stereocenters. The van der Waals surface area contributed by atoms with Gasteiger partial charge in [-0.15, -0.1) is 11.3 Å². The van der Waals surface area contributed by atoms with Gasteiger partial charge < -0.3 is 9.52 Å². The van der Waals surface area contributed by atoms with E-state index in [-0.39, 0.29) is 0 Å². The summed E-state index contributed by atoms with van der Waals surface area (Å²) in [4.78, 5) is 0.857. The van der Waals surface area contributed by atoms with E-state index in [0.717, 1.165) is 25.3 Å². The van der Waals surface area contributed by atoms with Gasteiger partial charge in [0, 0.05) is 15.8 Å². The number of thiophene rings is 1. The molecule has 5 heteroatoms. The van der Waals surface area contributed by atoms with Gasteiger partial charge >= 0.3 is 0 Å². The minimum Gasteiger partial charge on any atom is -0.463 e. The Balaban J connectivity index is 2.27. The molecule has 0 saturated carbocycles. The Bertz CT molecular complexity index is 470. The van der Waals surface area contributed by atoms with E-state index in [9.17, 15) is 5.11 Å². The highest BCUT2D eigenvalue weighted by Crippen LogP contribution is 2.37. The molecule has 1 N–H and O–H groups in total. The lowest BCUT2D eigenvalue weighted by Crippen LogP contribution is -1.94. The minimum atomic E-state index is -0.687. The molecule has 0 aliphatic heterocycles. The molecule has 0 bridgehead atoms. The van der Waals surface area contributed by atoms with Gasteiger partial charge in [-0.1, -0.05) is 6.92 Å². The van der Waals surface area contributed by atoms with Crippen LogP contribution < -0.4 is 0 Å². The van der Waals surface area contributed by atoms with Crippen molar-refractivity contribution in [2.45, 2.75) is 19.4 Å². The third-order valence-electron chi connectivity index (χ3n) is 2.23. The van der Waals surface area contributed by atoms with E-state index in [0.29, 0.717) is 5.76 Å². The van der Waals surface area contributed by atoms with Crippen LogP contribution in [0.15, 0.2) is 30.9 Å². The predicted octanol–water partition coefficient (Wildman–Crippen LogP) is 4.51. The summed E-state index contributed by atoms with van der Waals surface area (Å²) in [6.07, 6.45) is 0.151. The first-order valence-corrected chi connectivity index (χ1v) is 7.23. The third-order valence-corrected chi connectivity index (χ3v) is 5.54. The highest BCUT2D eigenvalue weighted by Gasteiger charge is 2.18. The molecule has 0 aliphatic rings. The van der Waals surface area contributed by atoms with Gasteiger partial charge in [0.05, 0.1) is 3.79 Å². The fraction of sp³-hybridized carbons (Fsp3) is 0.273. The van der Waals surface area contributed by atoms with Crippen LogP contribution in [0, 0.1) is 0 Å². The van der Waals surface area contributed by atoms with Crippen molar-refractivity contribution in [3.8, 4) is 0 Å². The first kappa shape index (κ1) is 12.4. The molecule has 2 aromatic heterocycles. The lowest BCUT2D eigenvalue weighted by molar-refractivity contribution is 0.190. The highest BCUT2D eigenvalue weighted by molar-refractivity contribution is 9.13. The summed E-state index contributed by atoms with van der Waals surface area (Å²) >= 11 is 8.30. The quantitative estimate of drug-likeness (QED) is 0.867. The normalized spacial score (nSPS) is 13.0. The van der Waals surface area contributed by atoms with Gasteiger partial charge in [0.25, 0.3) is 0 Å². The van der Waals surface area contributed by atoms with E-state index in [4.69, 9.17) is 4.42 Å². The van der Waals surface area contributed by atoms with Crippen LogP contribution in [-0.2, 0) is 6.42 Å². The molecular formula is C11H10Br2O2S. The van der Waals surface area contributed by atoms with E-state index in [1.165, 1.54) is 11.3 Å². The summed E-state index contributed by atoms with van der Waals surface area (Å²) in [7, 11) is 0.